The maximum absolute atomic E-state index is 13.5. The minimum atomic E-state index is -0.351. The average molecular weight is 276 g/mol. The standard InChI is InChI=1S/C14H13FN2OS/c1-2-18-10-7-8-13(16-9-10)14(19)17-12-6-4-3-5-11(12)15/h3-9H,2H2,1H3,(H,17,19). The van der Waals surface area contributed by atoms with Crippen molar-refractivity contribution in [3.8, 4) is 5.75 Å². The van der Waals surface area contributed by atoms with E-state index in [2.05, 4.69) is 10.3 Å². The number of halogens is 1. The number of pyridine rings is 1. The molecule has 1 aromatic heterocycles. The zero-order chi connectivity index (χ0) is 13.7. The number of anilines is 1. The third-order valence-corrected chi connectivity index (χ3v) is 2.71. The van der Waals surface area contributed by atoms with E-state index in [-0.39, 0.29) is 5.82 Å². The monoisotopic (exact) mass is 276 g/mol. The van der Waals surface area contributed by atoms with Crippen LogP contribution in [0.15, 0.2) is 42.6 Å². The van der Waals surface area contributed by atoms with Gasteiger partial charge in [0.2, 0.25) is 0 Å². The second-order valence-corrected chi connectivity index (χ2v) is 4.15. The maximum Gasteiger partial charge on any atom is 0.146 e. The lowest BCUT2D eigenvalue weighted by atomic mass is 10.3. The second-order valence-electron chi connectivity index (χ2n) is 3.75. The smallest absolute Gasteiger partial charge is 0.146 e. The van der Waals surface area contributed by atoms with Crippen LogP contribution in [0.2, 0.25) is 0 Å². The SMILES string of the molecule is CCOc1ccc(C(=S)Nc2ccccc2F)nc1. The Hall–Kier alpha value is -2.01. The highest BCUT2D eigenvalue weighted by Crippen LogP contribution is 2.15. The van der Waals surface area contributed by atoms with Gasteiger partial charge < -0.3 is 10.1 Å². The van der Waals surface area contributed by atoms with Gasteiger partial charge >= 0.3 is 0 Å². The van der Waals surface area contributed by atoms with E-state index in [1.165, 1.54) is 6.07 Å². The molecule has 0 aliphatic heterocycles. The van der Waals surface area contributed by atoms with Crippen molar-refractivity contribution in [3.63, 3.8) is 0 Å². The summed E-state index contributed by atoms with van der Waals surface area (Å²) >= 11 is 5.19. The first-order valence-electron chi connectivity index (χ1n) is 5.85. The minimum absolute atomic E-state index is 0.336. The summed E-state index contributed by atoms with van der Waals surface area (Å²) in [5.74, 6) is 0.329. The van der Waals surface area contributed by atoms with Crippen molar-refractivity contribution in [2.75, 3.05) is 11.9 Å². The summed E-state index contributed by atoms with van der Waals surface area (Å²) in [5, 5.41) is 2.83. The van der Waals surface area contributed by atoms with Gasteiger partial charge in [-0.25, -0.2) is 9.37 Å². The summed E-state index contributed by atoms with van der Waals surface area (Å²) in [6.45, 7) is 2.48. The van der Waals surface area contributed by atoms with Gasteiger partial charge in [0.15, 0.2) is 0 Å². The fraction of sp³-hybridized carbons (Fsp3) is 0.143. The normalized spacial score (nSPS) is 10.0. The quantitative estimate of drug-likeness (QED) is 0.868. The number of thiocarbonyl (C=S) groups is 1. The molecule has 0 spiro atoms. The molecular formula is C14H13FN2OS. The Morgan fingerprint density at radius 2 is 2.11 bits per heavy atom. The summed E-state index contributed by atoms with van der Waals surface area (Å²) in [5.41, 5.74) is 0.907. The van der Waals surface area contributed by atoms with Crippen LogP contribution in [0.1, 0.15) is 12.6 Å². The van der Waals surface area contributed by atoms with Gasteiger partial charge in [-0.2, -0.15) is 0 Å². The summed E-state index contributed by atoms with van der Waals surface area (Å²) in [4.78, 5) is 4.54. The van der Waals surface area contributed by atoms with E-state index in [0.717, 1.165) is 0 Å². The largest absolute Gasteiger partial charge is 0.492 e. The van der Waals surface area contributed by atoms with Crippen molar-refractivity contribution < 1.29 is 9.13 Å². The summed E-state index contributed by atoms with van der Waals surface area (Å²) in [6.07, 6.45) is 1.59. The molecule has 0 bridgehead atoms. The van der Waals surface area contributed by atoms with Crippen LogP contribution in [0.3, 0.4) is 0 Å². The molecule has 0 aliphatic rings. The van der Waals surface area contributed by atoms with Crippen molar-refractivity contribution in [1.82, 2.24) is 4.98 Å². The highest BCUT2D eigenvalue weighted by atomic mass is 32.1. The number of ether oxygens (including phenoxy) is 1. The molecule has 3 nitrogen and oxygen atoms in total. The molecule has 0 aliphatic carbocycles. The van der Waals surface area contributed by atoms with Gasteiger partial charge in [-0.3, -0.25) is 0 Å². The molecule has 1 heterocycles. The van der Waals surface area contributed by atoms with Crippen molar-refractivity contribution in [3.05, 3.63) is 54.1 Å². The number of para-hydroxylation sites is 1. The molecule has 1 aromatic carbocycles. The van der Waals surface area contributed by atoms with E-state index in [1.807, 2.05) is 6.92 Å². The van der Waals surface area contributed by atoms with Crippen LogP contribution in [-0.4, -0.2) is 16.6 Å². The predicted molar refractivity (Wildman–Crippen MR) is 77.1 cm³/mol. The van der Waals surface area contributed by atoms with Crippen LogP contribution >= 0.6 is 12.2 Å². The van der Waals surface area contributed by atoms with E-state index < -0.39 is 0 Å². The first kappa shape index (κ1) is 13.4. The Labute approximate surface area is 116 Å². The van der Waals surface area contributed by atoms with Crippen LogP contribution in [0.4, 0.5) is 10.1 Å². The molecule has 0 atom stereocenters. The Bertz CT molecular complexity index is 572. The summed E-state index contributed by atoms with van der Waals surface area (Å²) < 4.78 is 18.8. The maximum atomic E-state index is 13.5. The molecule has 0 radical (unpaired) electrons. The Balaban J connectivity index is 2.10. The van der Waals surface area contributed by atoms with E-state index >= 15 is 0 Å². The van der Waals surface area contributed by atoms with Gasteiger partial charge in [-0.15, -0.1) is 0 Å². The van der Waals surface area contributed by atoms with Crippen LogP contribution < -0.4 is 10.1 Å². The lowest BCUT2D eigenvalue weighted by Gasteiger charge is -2.09. The molecule has 19 heavy (non-hydrogen) atoms. The molecule has 0 saturated carbocycles. The molecule has 5 heteroatoms. The minimum Gasteiger partial charge on any atom is -0.492 e. The number of hydrogen-bond acceptors (Lipinski definition) is 3. The molecular weight excluding hydrogens is 263 g/mol. The topological polar surface area (TPSA) is 34.1 Å². The first-order chi connectivity index (χ1) is 9.20. The van der Waals surface area contributed by atoms with Gasteiger partial charge in [0.1, 0.15) is 16.6 Å². The highest BCUT2D eigenvalue weighted by molar-refractivity contribution is 7.81. The van der Waals surface area contributed by atoms with Crippen molar-refractivity contribution in [2.24, 2.45) is 0 Å². The molecule has 0 fully saturated rings. The molecule has 2 aromatic rings. The third-order valence-electron chi connectivity index (χ3n) is 2.40. The molecule has 98 valence electrons. The number of nitrogens with one attached hydrogen (secondary N) is 1. The van der Waals surface area contributed by atoms with Gasteiger partial charge in [-0.05, 0) is 31.2 Å². The number of benzene rings is 1. The summed E-state index contributed by atoms with van der Waals surface area (Å²) in [6, 6.07) is 9.87. The Morgan fingerprint density at radius 1 is 1.32 bits per heavy atom. The van der Waals surface area contributed by atoms with Crippen molar-refractivity contribution >= 4 is 22.9 Å². The van der Waals surface area contributed by atoms with Crippen LogP contribution in [0, 0.1) is 5.82 Å². The van der Waals surface area contributed by atoms with Gasteiger partial charge in [0, 0.05) is 0 Å². The van der Waals surface area contributed by atoms with Crippen molar-refractivity contribution in [2.45, 2.75) is 6.92 Å². The van der Waals surface area contributed by atoms with Gasteiger partial charge in [-0.1, -0.05) is 24.4 Å². The number of rotatable bonds is 4. The lowest BCUT2D eigenvalue weighted by molar-refractivity contribution is 0.339. The molecule has 2 rings (SSSR count). The zero-order valence-corrected chi connectivity index (χ0v) is 11.2. The first-order valence-corrected chi connectivity index (χ1v) is 6.26. The van der Waals surface area contributed by atoms with Crippen LogP contribution in [0.5, 0.6) is 5.75 Å². The second kappa shape index (κ2) is 6.24. The average Bonchev–Trinajstić information content (AvgIpc) is 2.42. The fourth-order valence-electron chi connectivity index (χ4n) is 1.52. The molecule has 0 amide bonds. The van der Waals surface area contributed by atoms with Gasteiger partial charge in [0.25, 0.3) is 0 Å². The Morgan fingerprint density at radius 3 is 2.74 bits per heavy atom. The predicted octanol–water partition coefficient (Wildman–Crippen LogP) is 3.41. The summed E-state index contributed by atoms with van der Waals surface area (Å²) in [7, 11) is 0. The lowest BCUT2D eigenvalue weighted by Crippen LogP contribution is -2.13. The fourth-order valence-corrected chi connectivity index (χ4v) is 1.75. The van der Waals surface area contributed by atoms with Crippen LogP contribution in [-0.2, 0) is 0 Å². The van der Waals surface area contributed by atoms with Gasteiger partial charge in [0.05, 0.1) is 24.2 Å². The number of aromatic nitrogens is 1. The van der Waals surface area contributed by atoms with E-state index in [0.29, 0.717) is 28.7 Å². The molecule has 1 N–H and O–H groups in total. The third kappa shape index (κ3) is 3.48. The number of hydrogen-bond donors (Lipinski definition) is 1. The van der Waals surface area contributed by atoms with E-state index in [4.69, 9.17) is 17.0 Å². The van der Waals surface area contributed by atoms with E-state index in [1.54, 1.807) is 36.5 Å². The number of nitrogens with zero attached hydrogens (tertiary/aromatic N) is 1. The molecule has 0 saturated heterocycles. The molecule has 0 unspecified atom stereocenters. The highest BCUT2D eigenvalue weighted by Gasteiger charge is 2.06. The van der Waals surface area contributed by atoms with E-state index in [9.17, 15) is 4.39 Å². The zero-order valence-electron chi connectivity index (χ0n) is 10.4. The Kier molecular flexibility index (Phi) is 4.41. The van der Waals surface area contributed by atoms with Crippen LogP contribution in [0.25, 0.3) is 0 Å². The van der Waals surface area contributed by atoms with Crippen molar-refractivity contribution in [1.29, 1.82) is 0 Å².